The lowest BCUT2D eigenvalue weighted by atomic mass is 10.1. The number of carbonyl (C=O) groups excluding carboxylic acids is 1. The summed E-state index contributed by atoms with van der Waals surface area (Å²) in [6, 6.07) is -3.03. The van der Waals surface area contributed by atoms with E-state index in [1.54, 1.807) is 0 Å². The van der Waals surface area contributed by atoms with Gasteiger partial charge in [0, 0.05) is 13.0 Å². The molecule has 2 unspecified atom stereocenters. The van der Waals surface area contributed by atoms with Crippen LogP contribution in [0.3, 0.4) is 0 Å². The van der Waals surface area contributed by atoms with Gasteiger partial charge < -0.3 is 14.8 Å². The Morgan fingerprint density at radius 3 is 2.70 bits per heavy atom. The molecule has 23 heavy (non-hydrogen) atoms. The van der Waals surface area contributed by atoms with Crippen molar-refractivity contribution >= 4 is 12.0 Å². The van der Waals surface area contributed by atoms with Gasteiger partial charge in [0.05, 0.1) is 25.6 Å². The fourth-order valence-corrected chi connectivity index (χ4v) is 2.15. The maximum atomic E-state index is 13.0. The molecule has 0 spiro atoms. The topological polar surface area (TPSA) is 85.4 Å². The lowest BCUT2D eigenvalue weighted by molar-refractivity contribution is -0.159. The quantitative estimate of drug-likeness (QED) is 0.861. The van der Waals surface area contributed by atoms with Gasteiger partial charge in [-0.1, -0.05) is 0 Å². The summed E-state index contributed by atoms with van der Waals surface area (Å²) in [4.78, 5) is 19.2. The Kier molecular flexibility index (Phi) is 5.59. The number of amides is 2. The molecule has 7 nitrogen and oxygen atoms in total. The highest BCUT2D eigenvalue weighted by Crippen LogP contribution is 2.27. The third-order valence-electron chi connectivity index (χ3n) is 3.31. The molecule has 10 heteroatoms. The molecule has 1 aromatic heterocycles. The van der Waals surface area contributed by atoms with Gasteiger partial charge in [-0.25, -0.2) is 14.8 Å². The predicted octanol–water partition coefficient (Wildman–Crippen LogP) is 2.11. The second-order valence-corrected chi connectivity index (χ2v) is 5.01. The van der Waals surface area contributed by atoms with E-state index in [-0.39, 0.29) is 12.4 Å². The Bertz CT molecular complexity index is 518. The van der Waals surface area contributed by atoms with Crippen molar-refractivity contribution in [3.05, 3.63) is 12.4 Å². The van der Waals surface area contributed by atoms with Crippen LogP contribution < -0.4 is 15.4 Å². The summed E-state index contributed by atoms with van der Waals surface area (Å²) in [5, 5.41) is 4.05. The number of halogens is 3. The van der Waals surface area contributed by atoms with Gasteiger partial charge >= 0.3 is 12.2 Å². The molecule has 0 aliphatic carbocycles. The van der Waals surface area contributed by atoms with Crippen LogP contribution in [0.1, 0.15) is 19.3 Å². The number of hydrogen-bond acceptors (Lipinski definition) is 5. The summed E-state index contributed by atoms with van der Waals surface area (Å²) in [6.45, 7) is 0.446. The van der Waals surface area contributed by atoms with Crippen molar-refractivity contribution in [3.63, 3.8) is 0 Å². The first-order valence-electron chi connectivity index (χ1n) is 7.00. The molecular formula is C13H17F3N4O3. The van der Waals surface area contributed by atoms with E-state index >= 15 is 0 Å². The van der Waals surface area contributed by atoms with E-state index in [0.717, 1.165) is 6.42 Å². The van der Waals surface area contributed by atoms with Crippen LogP contribution in [0, 0.1) is 0 Å². The largest absolute Gasteiger partial charge is 0.494 e. The average Bonchev–Trinajstić information content (AvgIpc) is 2.99. The van der Waals surface area contributed by atoms with Crippen molar-refractivity contribution in [2.75, 3.05) is 19.0 Å². The number of nitrogens with zero attached hydrogens (tertiary/aromatic N) is 2. The predicted molar refractivity (Wildman–Crippen MR) is 74.2 cm³/mol. The van der Waals surface area contributed by atoms with Crippen molar-refractivity contribution in [1.82, 2.24) is 15.3 Å². The van der Waals surface area contributed by atoms with E-state index < -0.39 is 24.4 Å². The number of anilines is 1. The molecule has 1 saturated heterocycles. The van der Waals surface area contributed by atoms with Crippen LogP contribution >= 0.6 is 0 Å². The normalized spacial score (nSPS) is 19.2. The Morgan fingerprint density at radius 1 is 1.48 bits per heavy atom. The number of nitrogens with one attached hydrogen (secondary N) is 2. The average molecular weight is 334 g/mol. The molecule has 2 heterocycles. The number of methoxy groups -OCH3 is 1. The Hall–Kier alpha value is -2.10. The number of rotatable bonds is 5. The number of urea groups is 1. The van der Waals surface area contributed by atoms with Crippen LogP contribution in [0.4, 0.5) is 23.9 Å². The molecule has 2 rings (SSSR count). The van der Waals surface area contributed by atoms with E-state index in [9.17, 15) is 18.0 Å². The summed E-state index contributed by atoms with van der Waals surface area (Å²) in [6.07, 6.45) is -1.53. The highest BCUT2D eigenvalue weighted by molar-refractivity contribution is 5.87. The minimum Gasteiger partial charge on any atom is -0.494 e. The van der Waals surface area contributed by atoms with Crippen LogP contribution in [0.15, 0.2) is 12.4 Å². The first kappa shape index (κ1) is 17.3. The van der Waals surface area contributed by atoms with Gasteiger partial charge in [-0.15, -0.1) is 0 Å². The molecule has 0 saturated carbocycles. The third kappa shape index (κ3) is 5.23. The smallest absolute Gasteiger partial charge is 0.408 e. The summed E-state index contributed by atoms with van der Waals surface area (Å²) in [7, 11) is 1.41. The van der Waals surface area contributed by atoms with Gasteiger partial charge in [0.1, 0.15) is 6.04 Å². The Morgan fingerprint density at radius 2 is 2.17 bits per heavy atom. The van der Waals surface area contributed by atoms with Crippen molar-refractivity contribution in [3.8, 4) is 5.75 Å². The summed E-state index contributed by atoms with van der Waals surface area (Å²) < 4.78 is 49.1. The van der Waals surface area contributed by atoms with Crippen LogP contribution in [0.2, 0.25) is 0 Å². The summed E-state index contributed by atoms with van der Waals surface area (Å²) in [5.41, 5.74) is 0. The molecular weight excluding hydrogens is 317 g/mol. The second-order valence-electron chi connectivity index (χ2n) is 5.01. The maximum Gasteiger partial charge on any atom is 0.408 e. The zero-order chi connectivity index (χ0) is 16.9. The Balaban J connectivity index is 1.93. The van der Waals surface area contributed by atoms with Crippen molar-refractivity contribution in [1.29, 1.82) is 0 Å². The van der Waals surface area contributed by atoms with Crippen molar-refractivity contribution in [2.24, 2.45) is 0 Å². The zero-order valence-corrected chi connectivity index (χ0v) is 12.4. The van der Waals surface area contributed by atoms with Gasteiger partial charge in [0.25, 0.3) is 0 Å². The number of aromatic nitrogens is 2. The highest BCUT2D eigenvalue weighted by Gasteiger charge is 2.42. The summed E-state index contributed by atoms with van der Waals surface area (Å²) in [5.74, 6) is 0.240. The van der Waals surface area contributed by atoms with E-state index in [4.69, 9.17) is 9.47 Å². The minimum absolute atomic E-state index is 0.124. The first-order valence-corrected chi connectivity index (χ1v) is 7.00. The molecule has 2 atom stereocenters. The molecule has 0 aromatic carbocycles. The fourth-order valence-electron chi connectivity index (χ4n) is 2.15. The van der Waals surface area contributed by atoms with Gasteiger partial charge in [-0.3, -0.25) is 5.32 Å². The van der Waals surface area contributed by atoms with Crippen LogP contribution in [0.25, 0.3) is 0 Å². The van der Waals surface area contributed by atoms with Crippen molar-refractivity contribution in [2.45, 2.75) is 37.6 Å². The Labute approximate surface area is 130 Å². The second kappa shape index (κ2) is 7.44. The minimum atomic E-state index is -4.57. The summed E-state index contributed by atoms with van der Waals surface area (Å²) >= 11 is 0. The molecule has 0 bridgehead atoms. The van der Waals surface area contributed by atoms with Crippen LogP contribution in [-0.2, 0) is 4.74 Å². The molecule has 0 radical (unpaired) electrons. The van der Waals surface area contributed by atoms with Gasteiger partial charge in [0.2, 0.25) is 5.95 Å². The fraction of sp³-hybridized carbons (Fsp3) is 0.615. The lowest BCUT2D eigenvalue weighted by Gasteiger charge is -2.24. The van der Waals surface area contributed by atoms with E-state index in [1.165, 1.54) is 19.5 Å². The number of ether oxygens (including phenoxy) is 2. The van der Waals surface area contributed by atoms with E-state index in [1.807, 2.05) is 5.32 Å². The van der Waals surface area contributed by atoms with Gasteiger partial charge in [-0.05, 0) is 12.8 Å². The third-order valence-corrected chi connectivity index (χ3v) is 3.31. The number of carbonyl (C=O) groups is 1. The first-order chi connectivity index (χ1) is 10.9. The molecule has 128 valence electrons. The number of alkyl halides is 3. The molecule has 1 aromatic rings. The standard InChI is InChI=1S/C13H17F3N4O3/c1-22-9-6-17-11(18-7-9)20-12(21)19-10(13(14,15)16)5-8-3-2-4-23-8/h6-8,10H,2-5H2,1H3,(H2,17,18,19,20,21). The van der Waals surface area contributed by atoms with Gasteiger partial charge in [-0.2, -0.15) is 13.2 Å². The molecule has 1 aliphatic heterocycles. The molecule has 2 amide bonds. The molecule has 2 N–H and O–H groups in total. The van der Waals surface area contributed by atoms with E-state index in [0.29, 0.717) is 18.8 Å². The number of hydrogen-bond donors (Lipinski definition) is 2. The maximum absolute atomic E-state index is 13.0. The van der Waals surface area contributed by atoms with Gasteiger partial charge in [0.15, 0.2) is 5.75 Å². The molecule has 1 fully saturated rings. The van der Waals surface area contributed by atoms with Crippen LogP contribution in [-0.4, -0.2) is 48.0 Å². The SMILES string of the molecule is COc1cnc(NC(=O)NC(CC2CCCO2)C(F)(F)F)nc1. The zero-order valence-electron chi connectivity index (χ0n) is 12.4. The lowest BCUT2D eigenvalue weighted by Crippen LogP contribution is -2.48. The monoisotopic (exact) mass is 334 g/mol. The van der Waals surface area contributed by atoms with E-state index in [2.05, 4.69) is 15.3 Å². The molecule has 1 aliphatic rings. The van der Waals surface area contributed by atoms with Crippen LogP contribution in [0.5, 0.6) is 5.75 Å². The highest BCUT2D eigenvalue weighted by atomic mass is 19.4. The van der Waals surface area contributed by atoms with Crippen molar-refractivity contribution < 1.29 is 27.4 Å².